The van der Waals surface area contributed by atoms with Crippen molar-refractivity contribution in [2.45, 2.75) is 26.2 Å². The van der Waals surface area contributed by atoms with Crippen LogP contribution in [0.1, 0.15) is 26.2 Å². The van der Waals surface area contributed by atoms with E-state index in [9.17, 15) is 14.0 Å². The summed E-state index contributed by atoms with van der Waals surface area (Å²) in [5.41, 5.74) is 1.69. The number of benzene rings is 2. The number of rotatable bonds is 12. The number of ether oxygens (including phenoxy) is 2. The van der Waals surface area contributed by atoms with Crippen LogP contribution in [0.25, 0.3) is 10.9 Å². The van der Waals surface area contributed by atoms with E-state index < -0.39 is 5.82 Å². The lowest BCUT2D eigenvalue weighted by Crippen LogP contribution is -2.35. The normalized spacial score (nSPS) is 16.3. The molecule has 2 N–H and O–H groups in total. The SMILES string of the molecule is CCOC(=O)CN1CCCN(CC=CC(=O)Nc2cc3c(Nc4ccc(F)c(Cl)c4)ncnc3cc2OCC2CC2)CC1. The predicted octanol–water partition coefficient (Wildman–Crippen LogP) is 5.02. The molecule has 2 aliphatic rings. The van der Waals surface area contributed by atoms with Gasteiger partial charge in [0.1, 0.15) is 23.7 Å². The molecule has 2 heterocycles. The van der Waals surface area contributed by atoms with E-state index in [0.717, 1.165) is 45.4 Å². The highest BCUT2D eigenvalue weighted by Crippen LogP contribution is 2.36. The van der Waals surface area contributed by atoms with Crippen LogP contribution in [0.5, 0.6) is 5.75 Å². The number of nitrogens with zero attached hydrogens (tertiary/aromatic N) is 4. The number of fused-ring (bicyclic) bond motifs is 1. The first kappa shape index (κ1) is 30.7. The molecule has 2 fully saturated rings. The molecule has 2 aromatic carbocycles. The van der Waals surface area contributed by atoms with Gasteiger partial charge in [0.05, 0.1) is 36.0 Å². The molecule has 0 radical (unpaired) electrons. The van der Waals surface area contributed by atoms with E-state index in [4.69, 9.17) is 21.1 Å². The van der Waals surface area contributed by atoms with Gasteiger partial charge in [0, 0.05) is 49.4 Å². The first-order valence-corrected chi connectivity index (χ1v) is 15.0. The van der Waals surface area contributed by atoms with Crippen LogP contribution in [0.4, 0.5) is 21.6 Å². The number of aromatic nitrogens is 2. The summed E-state index contributed by atoms with van der Waals surface area (Å²) in [6, 6.07) is 7.90. The lowest BCUT2D eigenvalue weighted by molar-refractivity contribution is -0.144. The van der Waals surface area contributed by atoms with Crippen molar-refractivity contribution in [3.8, 4) is 5.75 Å². The highest BCUT2D eigenvalue weighted by atomic mass is 35.5. The molecule has 3 aromatic rings. The van der Waals surface area contributed by atoms with Gasteiger partial charge in [-0.1, -0.05) is 17.7 Å². The maximum absolute atomic E-state index is 13.7. The van der Waals surface area contributed by atoms with Crippen molar-refractivity contribution in [1.82, 2.24) is 19.8 Å². The highest BCUT2D eigenvalue weighted by Gasteiger charge is 2.23. The number of anilines is 3. The Labute approximate surface area is 255 Å². The van der Waals surface area contributed by atoms with Crippen LogP contribution in [0, 0.1) is 11.7 Å². The zero-order valence-electron chi connectivity index (χ0n) is 24.2. The lowest BCUT2D eigenvalue weighted by atomic mass is 10.1. The van der Waals surface area contributed by atoms with Gasteiger partial charge in [0.2, 0.25) is 5.91 Å². The molecule has 12 heteroatoms. The molecule has 0 unspecified atom stereocenters. The maximum atomic E-state index is 13.7. The minimum absolute atomic E-state index is 0.00644. The fourth-order valence-corrected chi connectivity index (χ4v) is 5.02. The molecule has 5 rings (SSSR count). The van der Waals surface area contributed by atoms with Crippen LogP contribution in [-0.4, -0.2) is 84.1 Å². The average molecular weight is 611 g/mol. The van der Waals surface area contributed by atoms with E-state index in [1.807, 2.05) is 13.0 Å². The molecule has 1 amide bonds. The second kappa shape index (κ2) is 14.6. The van der Waals surface area contributed by atoms with E-state index in [1.54, 1.807) is 18.2 Å². The van der Waals surface area contributed by atoms with E-state index in [1.165, 1.54) is 24.5 Å². The van der Waals surface area contributed by atoms with Gasteiger partial charge < -0.3 is 20.1 Å². The minimum atomic E-state index is -0.512. The van der Waals surface area contributed by atoms with E-state index in [0.29, 0.717) is 66.1 Å². The van der Waals surface area contributed by atoms with Gasteiger partial charge in [0.25, 0.3) is 0 Å². The predicted molar refractivity (Wildman–Crippen MR) is 164 cm³/mol. The molecule has 10 nitrogen and oxygen atoms in total. The molecule has 0 bridgehead atoms. The molecule has 0 atom stereocenters. The van der Waals surface area contributed by atoms with Crippen LogP contribution >= 0.6 is 11.6 Å². The zero-order valence-corrected chi connectivity index (χ0v) is 24.9. The summed E-state index contributed by atoms with van der Waals surface area (Å²) in [6.07, 6.45) is 7.99. The quantitative estimate of drug-likeness (QED) is 0.216. The van der Waals surface area contributed by atoms with Crippen LogP contribution < -0.4 is 15.4 Å². The van der Waals surface area contributed by atoms with Crippen molar-refractivity contribution in [2.24, 2.45) is 5.92 Å². The number of nitrogens with one attached hydrogen (secondary N) is 2. The molecule has 1 aliphatic heterocycles. The number of hydrogen-bond acceptors (Lipinski definition) is 9. The second-order valence-corrected chi connectivity index (χ2v) is 11.1. The van der Waals surface area contributed by atoms with E-state index in [-0.39, 0.29) is 16.9 Å². The Kier molecular flexibility index (Phi) is 10.4. The molecule has 1 saturated heterocycles. The highest BCUT2D eigenvalue weighted by molar-refractivity contribution is 6.31. The number of esters is 1. The van der Waals surface area contributed by atoms with Gasteiger partial charge in [0.15, 0.2) is 0 Å². The number of carbonyl (C=O) groups is 2. The van der Waals surface area contributed by atoms with Crippen molar-refractivity contribution in [1.29, 1.82) is 0 Å². The summed E-state index contributed by atoms with van der Waals surface area (Å²) in [6.45, 7) is 6.95. The first-order valence-electron chi connectivity index (χ1n) is 14.6. The summed E-state index contributed by atoms with van der Waals surface area (Å²) >= 11 is 5.96. The Balaban J connectivity index is 1.26. The van der Waals surface area contributed by atoms with Crippen LogP contribution in [0.15, 0.2) is 48.8 Å². The van der Waals surface area contributed by atoms with E-state index in [2.05, 4.69) is 30.4 Å². The van der Waals surface area contributed by atoms with Crippen LogP contribution in [0.3, 0.4) is 0 Å². The fourth-order valence-electron chi connectivity index (χ4n) is 4.84. The van der Waals surface area contributed by atoms with Gasteiger partial charge in [-0.3, -0.25) is 19.4 Å². The zero-order chi connectivity index (χ0) is 30.2. The standard InChI is InChI=1S/C31H36ClFN6O4/c1-2-42-30(41)18-39-12-4-11-38(13-14-39)10-3-5-29(40)37-27-16-23-26(17-28(27)43-19-21-6-7-21)34-20-35-31(23)36-22-8-9-25(33)24(32)15-22/h3,5,8-9,15-17,20-21H,2,4,6-7,10-14,18-19H2,1H3,(H,37,40)(H,34,35,36). The van der Waals surface area contributed by atoms with Crippen LogP contribution in [0.2, 0.25) is 5.02 Å². The summed E-state index contributed by atoms with van der Waals surface area (Å²) < 4.78 is 24.8. The van der Waals surface area contributed by atoms with Crippen molar-refractivity contribution in [3.63, 3.8) is 0 Å². The summed E-state index contributed by atoms with van der Waals surface area (Å²) in [7, 11) is 0. The third-order valence-electron chi connectivity index (χ3n) is 7.32. The van der Waals surface area contributed by atoms with Crippen molar-refractivity contribution in [2.75, 3.05) is 63.1 Å². The molecule has 1 aliphatic carbocycles. The van der Waals surface area contributed by atoms with Gasteiger partial charge >= 0.3 is 5.97 Å². The fraction of sp³-hybridized carbons (Fsp3) is 0.419. The third-order valence-corrected chi connectivity index (χ3v) is 7.61. The Morgan fingerprint density at radius 1 is 1.12 bits per heavy atom. The lowest BCUT2D eigenvalue weighted by Gasteiger charge is -2.20. The monoisotopic (exact) mass is 610 g/mol. The Hall–Kier alpha value is -3.80. The Morgan fingerprint density at radius 2 is 1.93 bits per heavy atom. The number of hydrogen-bond donors (Lipinski definition) is 2. The maximum Gasteiger partial charge on any atom is 0.320 e. The molecule has 228 valence electrons. The summed E-state index contributed by atoms with van der Waals surface area (Å²) in [5, 5.41) is 6.77. The molecule has 0 spiro atoms. The molecule has 43 heavy (non-hydrogen) atoms. The Bertz CT molecular complexity index is 1480. The molecular weight excluding hydrogens is 575 g/mol. The third kappa shape index (κ3) is 8.85. The smallest absolute Gasteiger partial charge is 0.320 e. The van der Waals surface area contributed by atoms with Gasteiger partial charge in [-0.25, -0.2) is 14.4 Å². The largest absolute Gasteiger partial charge is 0.491 e. The van der Waals surface area contributed by atoms with Crippen molar-refractivity contribution >= 4 is 51.6 Å². The number of amides is 1. The minimum Gasteiger partial charge on any atom is -0.491 e. The molecule has 1 aromatic heterocycles. The van der Waals surface area contributed by atoms with Crippen molar-refractivity contribution in [3.05, 3.63) is 59.7 Å². The summed E-state index contributed by atoms with van der Waals surface area (Å²) in [4.78, 5) is 38.0. The second-order valence-electron chi connectivity index (χ2n) is 10.7. The average Bonchev–Trinajstić information content (AvgIpc) is 3.83. The van der Waals surface area contributed by atoms with Crippen molar-refractivity contribution < 1.29 is 23.5 Å². The van der Waals surface area contributed by atoms with E-state index >= 15 is 0 Å². The van der Waals surface area contributed by atoms with Gasteiger partial charge in [-0.05, 0) is 62.9 Å². The summed E-state index contributed by atoms with van der Waals surface area (Å²) in [5.74, 6) is 0.534. The van der Waals surface area contributed by atoms with Gasteiger partial charge in [-0.2, -0.15) is 0 Å². The number of carbonyl (C=O) groups excluding carboxylic acids is 2. The number of halogens is 2. The first-order chi connectivity index (χ1) is 20.9. The topological polar surface area (TPSA) is 109 Å². The Morgan fingerprint density at radius 3 is 2.72 bits per heavy atom. The van der Waals surface area contributed by atoms with Gasteiger partial charge in [-0.15, -0.1) is 0 Å². The molecular formula is C31H36ClFN6O4. The molecule has 1 saturated carbocycles. The van der Waals surface area contributed by atoms with Crippen LogP contribution in [-0.2, 0) is 14.3 Å².